The lowest BCUT2D eigenvalue weighted by atomic mass is 9.83. The van der Waals surface area contributed by atoms with Crippen LogP contribution in [0.4, 0.5) is 10.2 Å². The number of nitrogens with zero attached hydrogens (tertiary/aromatic N) is 6. The van der Waals surface area contributed by atoms with E-state index < -0.39 is 11.4 Å². The molecule has 0 spiro atoms. The van der Waals surface area contributed by atoms with E-state index in [4.69, 9.17) is 0 Å². The number of aromatic nitrogens is 4. The molecule has 0 unspecified atom stereocenters. The average Bonchev–Trinajstić information content (AvgIpc) is 3.32. The van der Waals surface area contributed by atoms with Gasteiger partial charge in [-0.15, -0.1) is 0 Å². The predicted octanol–water partition coefficient (Wildman–Crippen LogP) is 2.59. The van der Waals surface area contributed by atoms with E-state index in [9.17, 15) is 14.4 Å². The summed E-state index contributed by atoms with van der Waals surface area (Å²) in [7, 11) is 0. The number of carbonyl (C=O) groups excluding carboxylic acids is 1. The first-order valence-corrected chi connectivity index (χ1v) is 8.82. The molecule has 1 aliphatic carbocycles. The van der Waals surface area contributed by atoms with Crippen LogP contribution in [0.5, 0.6) is 0 Å². The van der Waals surface area contributed by atoms with Crippen molar-refractivity contribution < 1.29 is 9.18 Å². The Morgan fingerprint density at radius 3 is 2.89 bits per heavy atom. The van der Waals surface area contributed by atoms with Crippen LogP contribution in [0.25, 0.3) is 16.8 Å². The first kappa shape index (κ1) is 15.9. The zero-order valence-electron chi connectivity index (χ0n) is 14.3. The Kier molecular flexibility index (Phi) is 3.28. The molecule has 3 aromatic heterocycles. The second-order valence-electron chi connectivity index (χ2n) is 7.04. The lowest BCUT2D eigenvalue weighted by Crippen LogP contribution is -2.36. The number of halogens is 1. The summed E-state index contributed by atoms with van der Waals surface area (Å²) >= 11 is 0. The van der Waals surface area contributed by atoms with Gasteiger partial charge in [-0.25, -0.2) is 14.5 Å². The number of amides is 1. The van der Waals surface area contributed by atoms with E-state index in [1.54, 1.807) is 33.9 Å². The molecule has 2 aliphatic rings. The molecule has 1 amide bonds. The van der Waals surface area contributed by atoms with E-state index in [0.717, 1.165) is 12.8 Å². The van der Waals surface area contributed by atoms with Crippen molar-refractivity contribution in [2.24, 2.45) is 11.3 Å². The topological polar surface area (TPSA) is 87.2 Å². The van der Waals surface area contributed by atoms with E-state index >= 15 is 0 Å². The molecule has 1 saturated carbocycles. The number of rotatable bonds is 3. The molecule has 1 aliphatic heterocycles. The van der Waals surface area contributed by atoms with E-state index in [0.29, 0.717) is 35.6 Å². The van der Waals surface area contributed by atoms with Gasteiger partial charge in [0.15, 0.2) is 5.82 Å². The highest BCUT2D eigenvalue weighted by Gasteiger charge is 2.57. The van der Waals surface area contributed by atoms with Crippen LogP contribution in [0.15, 0.2) is 36.8 Å². The van der Waals surface area contributed by atoms with Crippen molar-refractivity contribution in [3.05, 3.63) is 42.7 Å². The molecule has 0 radical (unpaired) electrons. The maximum absolute atomic E-state index is 13.6. The molecule has 134 valence electrons. The molecular weight excluding hydrogens is 347 g/mol. The third kappa shape index (κ3) is 2.31. The maximum Gasteiger partial charge on any atom is 0.249 e. The van der Waals surface area contributed by atoms with Crippen molar-refractivity contribution in [1.29, 1.82) is 5.26 Å². The van der Waals surface area contributed by atoms with E-state index in [1.165, 1.54) is 12.3 Å². The van der Waals surface area contributed by atoms with E-state index in [2.05, 4.69) is 21.1 Å². The lowest BCUT2D eigenvalue weighted by Gasteiger charge is -2.21. The van der Waals surface area contributed by atoms with Crippen molar-refractivity contribution in [1.82, 2.24) is 19.6 Å². The van der Waals surface area contributed by atoms with Crippen molar-refractivity contribution >= 4 is 17.2 Å². The third-order valence-electron chi connectivity index (χ3n) is 5.48. The average molecular weight is 362 g/mol. The van der Waals surface area contributed by atoms with Crippen LogP contribution in [0.1, 0.15) is 19.3 Å². The second-order valence-corrected chi connectivity index (χ2v) is 7.04. The van der Waals surface area contributed by atoms with Gasteiger partial charge in [0.25, 0.3) is 0 Å². The summed E-state index contributed by atoms with van der Waals surface area (Å²) in [6.45, 7) is 0.435. The Balaban J connectivity index is 1.64. The molecule has 1 atom stereocenters. The van der Waals surface area contributed by atoms with Crippen LogP contribution < -0.4 is 4.90 Å². The highest BCUT2D eigenvalue weighted by Crippen LogP contribution is 2.52. The number of hydrogen-bond donors (Lipinski definition) is 0. The minimum Gasteiger partial charge on any atom is -0.294 e. The molecule has 1 saturated heterocycles. The Bertz CT molecular complexity index is 1110. The van der Waals surface area contributed by atoms with Crippen LogP contribution in [0.2, 0.25) is 0 Å². The molecule has 0 N–H and O–H groups in total. The lowest BCUT2D eigenvalue weighted by molar-refractivity contribution is -0.123. The first-order chi connectivity index (χ1) is 13.1. The minimum absolute atomic E-state index is 0.137. The van der Waals surface area contributed by atoms with Crippen LogP contribution in [0, 0.1) is 28.6 Å². The van der Waals surface area contributed by atoms with Crippen LogP contribution >= 0.6 is 0 Å². The number of pyridine rings is 1. The van der Waals surface area contributed by atoms with Crippen molar-refractivity contribution in [2.45, 2.75) is 19.3 Å². The summed E-state index contributed by atoms with van der Waals surface area (Å²) in [5.41, 5.74) is 0.751. The van der Waals surface area contributed by atoms with Gasteiger partial charge in [0.2, 0.25) is 11.9 Å². The second kappa shape index (κ2) is 5.58. The summed E-state index contributed by atoms with van der Waals surface area (Å²) in [5.74, 6) is -0.213. The SMILES string of the molecule is N#C[C@@]1(C2CC2)CCN(c2nc(-c3ccnc(F)c3)cn3nccc23)C1=O. The Labute approximate surface area is 154 Å². The molecule has 8 heteroatoms. The van der Waals surface area contributed by atoms with Gasteiger partial charge in [0.1, 0.15) is 10.9 Å². The van der Waals surface area contributed by atoms with Crippen LogP contribution in [-0.4, -0.2) is 32.0 Å². The summed E-state index contributed by atoms with van der Waals surface area (Å²) in [6.07, 6.45) is 7.01. The number of fused-ring (bicyclic) bond motifs is 1. The fraction of sp³-hybridized carbons (Fsp3) is 0.316. The summed E-state index contributed by atoms with van der Waals surface area (Å²) in [4.78, 5) is 23.0. The van der Waals surface area contributed by atoms with Crippen LogP contribution in [-0.2, 0) is 4.79 Å². The molecule has 27 heavy (non-hydrogen) atoms. The molecular formula is C19H15FN6O. The molecule has 0 bridgehead atoms. The fourth-order valence-electron chi connectivity index (χ4n) is 3.90. The zero-order chi connectivity index (χ0) is 18.6. The fourth-order valence-corrected chi connectivity index (χ4v) is 3.90. The molecule has 3 aromatic rings. The maximum atomic E-state index is 13.6. The number of anilines is 1. The third-order valence-corrected chi connectivity index (χ3v) is 5.48. The molecule has 2 fully saturated rings. The van der Waals surface area contributed by atoms with Gasteiger partial charge in [-0.05, 0) is 37.3 Å². The van der Waals surface area contributed by atoms with Gasteiger partial charge in [-0.1, -0.05) is 0 Å². The van der Waals surface area contributed by atoms with Gasteiger partial charge in [-0.2, -0.15) is 14.8 Å². The van der Waals surface area contributed by atoms with Gasteiger partial charge in [-0.3, -0.25) is 9.69 Å². The zero-order valence-corrected chi connectivity index (χ0v) is 14.3. The Hall–Kier alpha value is -3.34. The summed E-state index contributed by atoms with van der Waals surface area (Å²) in [6, 6.07) is 7.00. The monoisotopic (exact) mass is 362 g/mol. The molecule has 5 rings (SSSR count). The number of carbonyl (C=O) groups is 1. The van der Waals surface area contributed by atoms with Crippen molar-refractivity contribution in [3.63, 3.8) is 0 Å². The molecule has 7 nitrogen and oxygen atoms in total. The van der Waals surface area contributed by atoms with Gasteiger partial charge in [0.05, 0.1) is 24.2 Å². The Morgan fingerprint density at radius 1 is 1.30 bits per heavy atom. The largest absolute Gasteiger partial charge is 0.294 e. The number of nitriles is 1. The minimum atomic E-state index is -0.947. The van der Waals surface area contributed by atoms with Crippen molar-refractivity contribution in [2.75, 3.05) is 11.4 Å². The predicted molar refractivity (Wildman–Crippen MR) is 93.9 cm³/mol. The van der Waals surface area contributed by atoms with Gasteiger partial charge >= 0.3 is 0 Å². The van der Waals surface area contributed by atoms with E-state index in [1.807, 2.05) is 0 Å². The summed E-state index contributed by atoms with van der Waals surface area (Å²) in [5, 5.41) is 14.0. The summed E-state index contributed by atoms with van der Waals surface area (Å²) < 4.78 is 15.2. The molecule has 4 heterocycles. The highest BCUT2D eigenvalue weighted by molar-refractivity contribution is 6.04. The van der Waals surface area contributed by atoms with Crippen molar-refractivity contribution in [3.8, 4) is 17.3 Å². The van der Waals surface area contributed by atoms with E-state index in [-0.39, 0.29) is 11.8 Å². The quantitative estimate of drug-likeness (QED) is 0.668. The standard InChI is InChI=1S/C19H15FN6O/c20-16-9-12(3-6-22-16)14-10-26-15(4-7-23-26)17(24-14)25-8-5-19(11-21,18(25)27)13-1-2-13/h3-4,6-7,9-10,13H,1-2,5,8H2/t19-/m1/s1. The van der Waals surface area contributed by atoms with Gasteiger partial charge < -0.3 is 0 Å². The van der Waals surface area contributed by atoms with Gasteiger partial charge in [0, 0.05) is 24.4 Å². The first-order valence-electron chi connectivity index (χ1n) is 8.82. The highest BCUT2D eigenvalue weighted by atomic mass is 19.1. The smallest absolute Gasteiger partial charge is 0.249 e. The Morgan fingerprint density at radius 2 is 2.15 bits per heavy atom. The van der Waals surface area contributed by atoms with Crippen LogP contribution in [0.3, 0.4) is 0 Å². The molecule has 0 aromatic carbocycles. The number of hydrogen-bond acceptors (Lipinski definition) is 5. The normalized spacial score (nSPS) is 22.4.